The summed E-state index contributed by atoms with van der Waals surface area (Å²) in [5.41, 5.74) is 2.45. The standard InChI is InChI=1S/C15H20N4S/c1-2-19-12-14(11-18-19)10-17-15(20)16-9-8-13-6-4-3-5-7-13/h3-7,11-12H,2,8-10H2,1H3,(H2,16,17,20). The summed E-state index contributed by atoms with van der Waals surface area (Å²) in [5, 5.41) is 11.3. The number of hydrogen-bond donors (Lipinski definition) is 2. The van der Waals surface area contributed by atoms with E-state index in [0.717, 1.165) is 25.1 Å². The molecule has 0 unspecified atom stereocenters. The van der Waals surface area contributed by atoms with Gasteiger partial charge in [-0.3, -0.25) is 4.68 Å². The number of thiocarbonyl (C=S) groups is 1. The van der Waals surface area contributed by atoms with E-state index in [1.807, 2.05) is 23.1 Å². The molecule has 0 fully saturated rings. The number of hydrogen-bond acceptors (Lipinski definition) is 2. The lowest BCUT2D eigenvalue weighted by molar-refractivity contribution is 0.659. The number of aromatic nitrogens is 2. The first-order chi connectivity index (χ1) is 9.78. The van der Waals surface area contributed by atoms with Gasteiger partial charge in [-0.15, -0.1) is 0 Å². The molecule has 1 aromatic heterocycles. The lowest BCUT2D eigenvalue weighted by Gasteiger charge is -2.09. The highest BCUT2D eigenvalue weighted by Gasteiger charge is 1.99. The van der Waals surface area contributed by atoms with E-state index in [2.05, 4.69) is 46.9 Å². The third-order valence-corrected chi connectivity index (χ3v) is 3.29. The monoisotopic (exact) mass is 288 g/mol. The van der Waals surface area contributed by atoms with Gasteiger partial charge in [0.15, 0.2) is 5.11 Å². The highest BCUT2D eigenvalue weighted by Crippen LogP contribution is 1.98. The van der Waals surface area contributed by atoms with Gasteiger partial charge in [0.1, 0.15) is 0 Å². The molecule has 0 aliphatic rings. The fourth-order valence-electron chi connectivity index (χ4n) is 1.88. The molecule has 0 amide bonds. The van der Waals surface area contributed by atoms with Gasteiger partial charge < -0.3 is 10.6 Å². The van der Waals surface area contributed by atoms with Crippen LogP contribution in [0.15, 0.2) is 42.7 Å². The largest absolute Gasteiger partial charge is 0.362 e. The molecule has 20 heavy (non-hydrogen) atoms. The highest BCUT2D eigenvalue weighted by molar-refractivity contribution is 7.80. The van der Waals surface area contributed by atoms with Crippen LogP contribution < -0.4 is 10.6 Å². The Labute approximate surface area is 125 Å². The molecule has 4 nitrogen and oxygen atoms in total. The van der Waals surface area contributed by atoms with Crippen molar-refractivity contribution in [2.75, 3.05) is 6.54 Å². The first-order valence-electron chi connectivity index (χ1n) is 6.85. The van der Waals surface area contributed by atoms with Crippen LogP contribution in [0.4, 0.5) is 0 Å². The Morgan fingerprint density at radius 3 is 2.70 bits per heavy atom. The summed E-state index contributed by atoms with van der Waals surface area (Å²) in [6, 6.07) is 10.4. The minimum absolute atomic E-state index is 0.685. The average Bonchev–Trinajstić information content (AvgIpc) is 2.94. The van der Waals surface area contributed by atoms with Crippen LogP contribution in [-0.4, -0.2) is 21.4 Å². The molecule has 1 heterocycles. The van der Waals surface area contributed by atoms with E-state index in [-0.39, 0.29) is 0 Å². The molecule has 0 bridgehead atoms. The first kappa shape index (κ1) is 14.5. The zero-order chi connectivity index (χ0) is 14.2. The van der Waals surface area contributed by atoms with Crippen molar-refractivity contribution < 1.29 is 0 Å². The Hall–Kier alpha value is -1.88. The van der Waals surface area contributed by atoms with Crippen LogP contribution in [0.2, 0.25) is 0 Å². The lowest BCUT2D eigenvalue weighted by Crippen LogP contribution is -2.35. The molecular weight excluding hydrogens is 268 g/mol. The Balaban J connectivity index is 1.65. The zero-order valence-corrected chi connectivity index (χ0v) is 12.5. The van der Waals surface area contributed by atoms with Crippen molar-refractivity contribution in [2.45, 2.75) is 26.4 Å². The third kappa shape index (κ3) is 4.66. The van der Waals surface area contributed by atoms with Gasteiger partial charge in [-0.25, -0.2) is 0 Å². The Kier molecular flexibility index (Phi) is 5.55. The third-order valence-electron chi connectivity index (χ3n) is 3.01. The molecule has 0 spiro atoms. The quantitative estimate of drug-likeness (QED) is 0.799. The smallest absolute Gasteiger partial charge is 0.166 e. The molecular formula is C15H20N4S. The molecule has 0 aliphatic heterocycles. The summed E-state index contributed by atoms with van der Waals surface area (Å²) in [6.07, 6.45) is 4.86. The van der Waals surface area contributed by atoms with E-state index >= 15 is 0 Å². The van der Waals surface area contributed by atoms with Crippen molar-refractivity contribution in [3.63, 3.8) is 0 Å². The normalized spacial score (nSPS) is 10.2. The van der Waals surface area contributed by atoms with Gasteiger partial charge in [-0.05, 0) is 31.1 Å². The molecule has 0 aliphatic carbocycles. The predicted octanol–water partition coefficient (Wildman–Crippen LogP) is 2.11. The van der Waals surface area contributed by atoms with Crippen LogP contribution in [-0.2, 0) is 19.5 Å². The summed E-state index contributed by atoms with van der Waals surface area (Å²) >= 11 is 5.25. The van der Waals surface area contributed by atoms with Crippen LogP contribution in [0.25, 0.3) is 0 Å². The molecule has 2 N–H and O–H groups in total. The summed E-state index contributed by atoms with van der Waals surface area (Å²) in [5.74, 6) is 0. The van der Waals surface area contributed by atoms with Crippen LogP contribution >= 0.6 is 12.2 Å². The van der Waals surface area contributed by atoms with E-state index in [9.17, 15) is 0 Å². The second-order valence-corrected chi connectivity index (χ2v) is 4.96. The topological polar surface area (TPSA) is 41.9 Å². The molecule has 1 aromatic carbocycles. The summed E-state index contributed by atoms with van der Waals surface area (Å²) in [4.78, 5) is 0. The van der Waals surface area contributed by atoms with E-state index in [4.69, 9.17) is 12.2 Å². The lowest BCUT2D eigenvalue weighted by atomic mass is 10.1. The SMILES string of the molecule is CCn1cc(CNC(=S)NCCc2ccccc2)cn1. The summed E-state index contributed by atoms with van der Waals surface area (Å²) in [7, 11) is 0. The summed E-state index contributed by atoms with van der Waals surface area (Å²) in [6.45, 7) is 4.50. The van der Waals surface area contributed by atoms with Gasteiger partial charge in [0, 0.05) is 31.4 Å². The van der Waals surface area contributed by atoms with E-state index in [1.54, 1.807) is 0 Å². The molecule has 0 saturated carbocycles. The second kappa shape index (κ2) is 7.65. The molecule has 106 valence electrons. The van der Waals surface area contributed by atoms with Crippen LogP contribution in [0.3, 0.4) is 0 Å². The predicted molar refractivity (Wildman–Crippen MR) is 85.5 cm³/mol. The van der Waals surface area contributed by atoms with Crippen molar-refractivity contribution in [2.24, 2.45) is 0 Å². The molecule has 0 radical (unpaired) electrons. The maximum absolute atomic E-state index is 5.25. The van der Waals surface area contributed by atoms with Gasteiger partial charge in [0.2, 0.25) is 0 Å². The fourth-order valence-corrected chi connectivity index (χ4v) is 2.05. The molecule has 2 aromatic rings. The molecule has 0 saturated heterocycles. The van der Waals surface area contributed by atoms with Gasteiger partial charge in [0.25, 0.3) is 0 Å². The molecule has 0 atom stereocenters. The first-order valence-corrected chi connectivity index (χ1v) is 7.25. The van der Waals surface area contributed by atoms with Gasteiger partial charge in [-0.1, -0.05) is 30.3 Å². The van der Waals surface area contributed by atoms with Gasteiger partial charge in [-0.2, -0.15) is 5.10 Å². The minimum atomic E-state index is 0.685. The minimum Gasteiger partial charge on any atom is -0.362 e. The van der Waals surface area contributed by atoms with Gasteiger partial charge >= 0.3 is 0 Å². The average molecular weight is 288 g/mol. The van der Waals surface area contributed by atoms with Crippen molar-refractivity contribution in [1.29, 1.82) is 0 Å². The van der Waals surface area contributed by atoms with Crippen LogP contribution in [0.1, 0.15) is 18.1 Å². The van der Waals surface area contributed by atoms with Crippen molar-refractivity contribution >= 4 is 17.3 Å². The van der Waals surface area contributed by atoms with Crippen molar-refractivity contribution in [3.05, 3.63) is 53.9 Å². The Morgan fingerprint density at radius 1 is 1.20 bits per heavy atom. The fraction of sp³-hybridized carbons (Fsp3) is 0.333. The van der Waals surface area contributed by atoms with E-state index < -0.39 is 0 Å². The number of aryl methyl sites for hydroxylation is 1. The maximum atomic E-state index is 5.25. The number of rotatable bonds is 6. The van der Waals surface area contributed by atoms with Gasteiger partial charge in [0.05, 0.1) is 6.20 Å². The Bertz CT molecular complexity index is 536. The highest BCUT2D eigenvalue weighted by atomic mass is 32.1. The second-order valence-electron chi connectivity index (χ2n) is 4.55. The number of benzene rings is 1. The molecule has 2 rings (SSSR count). The van der Waals surface area contributed by atoms with E-state index in [1.165, 1.54) is 5.56 Å². The maximum Gasteiger partial charge on any atom is 0.166 e. The van der Waals surface area contributed by atoms with Crippen molar-refractivity contribution in [3.8, 4) is 0 Å². The summed E-state index contributed by atoms with van der Waals surface area (Å²) < 4.78 is 1.91. The van der Waals surface area contributed by atoms with E-state index in [0.29, 0.717) is 11.7 Å². The van der Waals surface area contributed by atoms with Crippen LogP contribution in [0, 0.1) is 0 Å². The van der Waals surface area contributed by atoms with Crippen molar-refractivity contribution in [1.82, 2.24) is 20.4 Å². The Morgan fingerprint density at radius 2 is 2.00 bits per heavy atom. The zero-order valence-electron chi connectivity index (χ0n) is 11.7. The van der Waals surface area contributed by atoms with Crippen LogP contribution in [0.5, 0.6) is 0 Å². The number of nitrogens with zero attached hydrogens (tertiary/aromatic N) is 2. The number of nitrogens with one attached hydrogen (secondary N) is 2. The molecule has 5 heteroatoms.